The maximum absolute atomic E-state index is 4.54. The fourth-order valence-electron chi connectivity index (χ4n) is 1.61. The van der Waals surface area contributed by atoms with E-state index in [0.717, 1.165) is 27.8 Å². The second-order valence-corrected chi connectivity index (χ2v) is 4.59. The molecule has 17 heavy (non-hydrogen) atoms. The minimum absolute atomic E-state index is 0.670. The predicted octanol–water partition coefficient (Wildman–Crippen LogP) is 3.65. The zero-order valence-electron chi connectivity index (χ0n) is 9.87. The third-order valence-electron chi connectivity index (χ3n) is 2.44. The van der Waals surface area contributed by atoms with Crippen LogP contribution in [-0.4, -0.2) is 16.5 Å². The molecule has 4 heteroatoms. The van der Waals surface area contributed by atoms with Crippen molar-refractivity contribution in [3.8, 4) is 11.3 Å². The van der Waals surface area contributed by atoms with E-state index >= 15 is 0 Å². The second-order valence-electron chi connectivity index (χ2n) is 3.74. The lowest BCUT2D eigenvalue weighted by Gasteiger charge is -2.09. The Morgan fingerprint density at radius 3 is 2.76 bits per heavy atom. The van der Waals surface area contributed by atoms with Crippen molar-refractivity contribution in [2.45, 2.75) is 13.8 Å². The second kappa shape index (κ2) is 5.27. The molecule has 2 aromatic rings. The van der Waals surface area contributed by atoms with Gasteiger partial charge < -0.3 is 5.32 Å². The molecule has 0 atom stereocenters. The number of halogens is 1. The zero-order chi connectivity index (χ0) is 12.3. The molecular formula is C13H14BrN3. The molecule has 1 aromatic heterocycles. The summed E-state index contributed by atoms with van der Waals surface area (Å²) in [6.45, 7) is 4.87. The van der Waals surface area contributed by atoms with Gasteiger partial charge in [-0.1, -0.05) is 34.1 Å². The SMILES string of the molecule is CCNc1ncc(C)c(-c2ccccc2Br)n1. The van der Waals surface area contributed by atoms with E-state index in [2.05, 4.69) is 37.3 Å². The van der Waals surface area contributed by atoms with Gasteiger partial charge >= 0.3 is 0 Å². The summed E-state index contributed by atoms with van der Waals surface area (Å²) in [5.74, 6) is 0.670. The van der Waals surface area contributed by atoms with Gasteiger partial charge in [-0.2, -0.15) is 0 Å². The Bertz CT molecular complexity index is 526. The number of aryl methyl sites for hydroxylation is 1. The van der Waals surface area contributed by atoms with Crippen LogP contribution in [0.1, 0.15) is 12.5 Å². The van der Waals surface area contributed by atoms with Gasteiger partial charge in [-0.05, 0) is 25.5 Å². The summed E-state index contributed by atoms with van der Waals surface area (Å²) in [7, 11) is 0. The van der Waals surface area contributed by atoms with Gasteiger partial charge in [0, 0.05) is 22.8 Å². The molecule has 88 valence electrons. The van der Waals surface area contributed by atoms with E-state index in [0.29, 0.717) is 5.95 Å². The van der Waals surface area contributed by atoms with Crippen molar-refractivity contribution < 1.29 is 0 Å². The molecule has 0 spiro atoms. The molecule has 0 bridgehead atoms. The third-order valence-corrected chi connectivity index (χ3v) is 3.13. The van der Waals surface area contributed by atoms with E-state index in [1.54, 1.807) is 0 Å². The van der Waals surface area contributed by atoms with E-state index in [1.807, 2.05) is 38.2 Å². The normalized spacial score (nSPS) is 10.3. The monoisotopic (exact) mass is 291 g/mol. The fraction of sp³-hybridized carbons (Fsp3) is 0.231. The number of hydrogen-bond donors (Lipinski definition) is 1. The lowest BCUT2D eigenvalue weighted by atomic mass is 10.1. The zero-order valence-corrected chi connectivity index (χ0v) is 11.5. The van der Waals surface area contributed by atoms with Crippen LogP contribution in [0.15, 0.2) is 34.9 Å². The highest BCUT2D eigenvalue weighted by Gasteiger charge is 2.08. The number of nitrogens with zero attached hydrogens (tertiary/aromatic N) is 2. The first-order chi connectivity index (χ1) is 8.22. The molecule has 0 aliphatic heterocycles. The number of anilines is 1. The molecule has 1 N–H and O–H groups in total. The first-order valence-corrected chi connectivity index (χ1v) is 6.34. The fourth-order valence-corrected chi connectivity index (χ4v) is 2.08. The summed E-state index contributed by atoms with van der Waals surface area (Å²) in [5.41, 5.74) is 3.12. The highest BCUT2D eigenvalue weighted by atomic mass is 79.9. The van der Waals surface area contributed by atoms with Gasteiger partial charge in [0.2, 0.25) is 5.95 Å². The average Bonchev–Trinajstić information content (AvgIpc) is 2.33. The molecule has 1 aromatic carbocycles. The van der Waals surface area contributed by atoms with Crippen molar-refractivity contribution in [1.82, 2.24) is 9.97 Å². The Morgan fingerprint density at radius 2 is 2.06 bits per heavy atom. The lowest BCUT2D eigenvalue weighted by Crippen LogP contribution is -2.03. The summed E-state index contributed by atoms with van der Waals surface area (Å²) in [4.78, 5) is 8.79. The van der Waals surface area contributed by atoms with Crippen molar-refractivity contribution in [2.24, 2.45) is 0 Å². The molecular weight excluding hydrogens is 278 g/mol. The molecule has 3 nitrogen and oxygen atoms in total. The van der Waals surface area contributed by atoms with Crippen molar-refractivity contribution in [3.05, 3.63) is 40.5 Å². The molecule has 0 fully saturated rings. The minimum atomic E-state index is 0.670. The van der Waals surface area contributed by atoms with E-state index in [-0.39, 0.29) is 0 Å². The standard InChI is InChI=1S/C13H14BrN3/c1-3-15-13-16-8-9(2)12(17-13)10-6-4-5-7-11(10)14/h4-8H,3H2,1-2H3,(H,15,16,17). The first kappa shape index (κ1) is 12.0. The summed E-state index contributed by atoms with van der Waals surface area (Å²) in [6, 6.07) is 8.07. The van der Waals surface area contributed by atoms with Gasteiger partial charge in [0.15, 0.2) is 0 Å². The van der Waals surface area contributed by atoms with Crippen LogP contribution in [0.4, 0.5) is 5.95 Å². The third kappa shape index (κ3) is 2.64. The average molecular weight is 292 g/mol. The molecule has 0 unspecified atom stereocenters. The van der Waals surface area contributed by atoms with Gasteiger partial charge in [-0.15, -0.1) is 0 Å². The highest BCUT2D eigenvalue weighted by molar-refractivity contribution is 9.10. The van der Waals surface area contributed by atoms with E-state index in [1.165, 1.54) is 0 Å². The van der Waals surface area contributed by atoms with Crippen LogP contribution < -0.4 is 5.32 Å². The molecule has 0 aliphatic carbocycles. The van der Waals surface area contributed by atoms with Crippen molar-refractivity contribution in [3.63, 3.8) is 0 Å². The lowest BCUT2D eigenvalue weighted by molar-refractivity contribution is 1.07. The molecule has 1 heterocycles. The molecule has 0 amide bonds. The van der Waals surface area contributed by atoms with E-state index in [9.17, 15) is 0 Å². The molecule has 0 aliphatic rings. The van der Waals surface area contributed by atoms with Crippen LogP contribution in [0.3, 0.4) is 0 Å². The number of benzene rings is 1. The predicted molar refractivity (Wildman–Crippen MR) is 74.1 cm³/mol. The Morgan fingerprint density at radius 1 is 1.29 bits per heavy atom. The van der Waals surface area contributed by atoms with Crippen molar-refractivity contribution >= 4 is 21.9 Å². The van der Waals surface area contributed by atoms with Crippen LogP contribution in [0, 0.1) is 6.92 Å². The molecule has 0 radical (unpaired) electrons. The Labute approximate surface area is 109 Å². The smallest absolute Gasteiger partial charge is 0.223 e. The Kier molecular flexibility index (Phi) is 3.74. The Balaban J connectivity index is 2.51. The summed E-state index contributed by atoms with van der Waals surface area (Å²) in [6.07, 6.45) is 1.85. The first-order valence-electron chi connectivity index (χ1n) is 5.54. The van der Waals surface area contributed by atoms with E-state index in [4.69, 9.17) is 0 Å². The van der Waals surface area contributed by atoms with Crippen molar-refractivity contribution in [1.29, 1.82) is 0 Å². The van der Waals surface area contributed by atoms with Gasteiger partial charge in [-0.25, -0.2) is 9.97 Å². The number of hydrogen-bond acceptors (Lipinski definition) is 3. The van der Waals surface area contributed by atoms with Crippen LogP contribution in [0.2, 0.25) is 0 Å². The number of nitrogens with one attached hydrogen (secondary N) is 1. The van der Waals surface area contributed by atoms with Crippen molar-refractivity contribution in [2.75, 3.05) is 11.9 Å². The maximum atomic E-state index is 4.54. The molecule has 0 saturated carbocycles. The summed E-state index contributed by atoms with van der Waals surface area (Å²) >= 11 is 3.55. The van der Waals surface area contributed by atoms with Crippen LogP contribution in [0.25, 0.3) is 11.3 Å². The van der Waals surface area contributed by atoms with Gasteiger partial charge in [0.05, 0.1) is 5.69 Å². The topological polar surface area (TPSA) is 37.8 Å². The summed E-state index contributed by atoms with van der Waals surface area (Å²) < 4.78 is 1.05. The minimum Gasteiger partial charge on any atom is -0.354 e. The Hall–Kier alpha value is -1.42. The number of aromatic nitrogens is 2. The van der Waals surface area contributed by atoms with Gasteiger partial charge in [-0.3, -0.25) is 0 Å². The number of rotatable bonds is 3. The molecule has 2 rings (SSSR count). The largest absolute Gasteiger partial charge is 0.354 e. The highest BCUT2D eigenvalue weighted by Crippen LogP contribution is 2.28. The van der Waals surface area contributed by atoms with E-state index < -0.39 is 0 Å². The van der Waals surface area contributed by atoms with Gasteiger partial charge in [0.25, 0.3) is 0 Å². The van der Waals surface area contributed by atoms with Crippen LogP contribution in [-0.2, 0) is 0 Å². The van der Waals surface area contributed by atoms with Gasteiger partial charge in [0.1, 0.15) is 0 Å². The van der Waals surface area contributed by atoms with Crippen LogP contribution in [0.5, 0.6) is 0 Å². The quantitative estimate of drug-likeness (QED) is 0.938. The maximum Gasteiger partial charge on any atom is 0.223 e. The van der Waals surface area contributed by atoms with Crippen LogP contribution >= 0.6 is 15.9 Å². The molecule has 0 saturated heterocycles. The summed E-state index contributed by atoms with van der Waals surface area (Å²) in [5, 5.41) is 3.13.